The summed E-state index contributed by atoms with van der Waals surface area (Å²) >= 11 is 0. The Morgan fingerprint density at radius 3 is 2.76 bits per heavy atom. The first-order chi connectivity index (χ1) is 16.5. The molecule has 3 aromatic rings. The maximum absolute atomic E-state index is 13.3. The van der Waals surface area contributed by atoms with Gasteiger partial charge in [0.25, 0.3) is 5.91 Å². The number of fused-ring (bicyclic) bond motifs is 2. The summed E-state index contributed by atoms with van der Waals surface area (Å²) in [5.74, 6) is -0.0485. The van der Waals surface area contributed by atoms with Crippen LogP contribution in [0.2, 0.25) is 0 Å². The SMILES string of the molecule is COc1ccc(-c2nc(COC(=O)CN3C(=O)N[C@@]4(CCCc5ccccc54)C3=O)co2)cc1. The molecule has 1 aliphatic heterocycles. The van der Waals surface area contributed by atoms with Gasteiger partial charge >= 0.3 is 12.0 Å². The highest BCUT2D eigenvalue weighted by Crippen LogP contribution is 2.39. The first kappa shape index (κ1) is 21.7. The highest BCUT2D eigenvalue weighted by molar-refractivity contribution is 6.09. The maximum atomic E-state index is 13.3. The van der Waals surface area contributed by atoms with Crippen LogP contribution < -0.4 is 10.1 Å². The van der Waals surface area contributed by atoms with Gasteiger partial charge in [-0.15, -0.1) is 0 Å². The molecule has 1 fully saturated rings. The number of nitrogens with one attached hydrogen (secondary N) is 1. The van der Waals surface area contributed by atoms with Crippen LogP contribution in [0.3, 0.4) is 0 Å². The van der Waals surface area contributed by atoms with Crippen molar-refractivity contribution < 1.29 is 28.3 Å². The van der Waals surface area contributed by atoms with Crippen molar-refractivity contribution in [1.82, 2.24) is 15.2 Å². The van der Waals surface area contributed by atoms with Crippen LogP contribution in [0.15, 0.2) is 59.2 Å². The predicted octanol–water partition coefficient (Wildman–Crippen LogP) is 3.18. The van der Waals surface area contributed by atoms with Crippen molar-refractivity contribution in [3.8, 4) is 17.2 Å². The number of esters is 1. The highest BCUT2D eigenvalue weighted by Gasteiger charge is 2.54. The van der Waals surface area contributed by atoms with Crippen LogP contribution in [0, 0.1) is 0 Å². The summed E-state index contributed by atoms with van der Waals surface area (Å²) in [4.78, 5) is 43.6. The van der Waals surface area contributed by atoms with E-state index >= 15 is 0 Å². The second-order valence-corrected chi connectivity index (χ2v) is 8.27. The second-order valence-electron chi connectivity index (χ2n) is 8.27. The molecule has 0 bridgehead atoms. The van der Waals surface area contributed by atoms with Gasteiger partial charge in [-0.25, -0.2) is 9.78 Å². The van der Waals surface area contributed by atoms with Crippen LogP contribution in [-0.4, -0.2) is 41.4 Å². The molecule has 1 aromatic heterocycles. The van der Waals surface area contributed by atoms with E-state index < -0.39 is 30.0 Å². The number of methoxy groups -OCH3 is 1. The lowest BCUT2D eigenvalue weighted by Gasteiger charge is -2.33. The number of carbonyl (C=O) groups is 3. The Kier molecular flexibility index (Phi) is 5.53. The van der Waals surface area contributed by atoms with E-state index in [2.05, 4.69) is 10.3 Å². The number of imide groups is 1. The standard InChI is InChI=1S/C25H23N3O6/c1-32-19-10-8-17(9-11-19)22-26-18(15-34-22)14-33-21(29)13-28-23(30)25(27-24(28)31)12-4-6-16-5-2-3-7-20(16)25/h2-3,5,7-11,15H,4,6,12-14H2,1H3,(H,27,31)/t25-/m1/s1. The fourth-order valence-corrected chi connectivity index (χ4v) is 4.52. The van der Waals surface area contributed by atoms with E-state index in [-0.39, 0.29) is 6.61 Å². The molecule has 1 spiro atoms. The van der Waals surface area contributed by atoms with Crippen molar-refractivity contribution in [2.45, 2.75) is 31.4 Å². The molecule has 0 unspecified atom stereocenters. The fraction of sp³-hybridized carbons (Fsp3) is 0.280. The quantitative estimate of drug-likeness (QED) is 0.443. The minimum absolute atomic E-state index is 0.143. The maximum Gasteiger partial charge on any atom is 0.326 e. The normalized spacial score (nSPS) is 19.1. The van der Waals surface area contributed by atoms with Gasteiger partial charge in [-0.1, -0.05) is 24.3 Å². The van der Waals surface area contributed by atoms with E-state index in [1.54, 1.807) is 31.4 Å². The van der Waals surface area contributed by atoms with Gasteiger partial charge in [0.1, 0.15) is 36.4 Å². The highest BCUT2D eigenvalue weighted by atomic mass is 16.5. The summed E-state index contributed by atoms with van der Waals surface area (Å²) in [5, 5.41) is 2.83. The molecule has 174 valence electrons. The zero-order valence-electron chi connectivity index (χ0n) is 18.6. The topological polar surface area (TPSA) is 111 Å². The largest absolute Gasteiger partial charge is 0.497 e. The molecule has 1 N–H and O–H groups in total. The van der Waals surface area contributed by atoms with Crippen LogP contribution in [-0.2, 0) is 32.9 Å². The minimum Gasteiger partial charge on any atom is -0.497 e. The van der Waals surface area contributed by atoms with E-state index in [4.69, 9.17) is 13.9 Å². The van der Waals surface area contributed by atoms with E-state index in [9.17, 15) is 14.4 Å². The first-order valence-corrected chi connectivity index (χ1v) is 11.0. The monoisotopic (exact) mass is 461 g/mol. The molecule has 5 rings (SSSR count). The summed E-state index contributed by atoms with van der Waals surface area (Å²) in [7, 11) is 1.58. The molecule has 3 amide bonds. The van der Waals surface area contributed by atoms with Crippen LogP contribution in [0.5, 0.6) is 5.75 Å². The van der Waals surface area contributed by atoms with Crippen molar-refractivity contribution in [2.75, 3.05) is 13.7 Å². The van der Waals surface area contributed by atoms with Gasteiger partial charge in [0, 0.05) is 5.56 Å². The molecule has 2 heterocycles. The zero-order chi connectivity index (χ0) is 23.7. The number of ether oxygens (including phenoxy) is 2. The average molecular weight is 461 g/mol. The lowest BCUT2D eigenvalue weighted by Crippen LogP contribution is -2.46. The molecule has 0 saturated carbocycles. The third-order valence-corrected chi connectivity index (χ3v) is 6.21. The number of hydrogen-bond acceptors (Lipinski definition) is 7. The molecule has 9 nitrogen and oxygen atoms in total. The van der Waals surface area contributed by atoms with Crippen LogP contribution in [0.25, 0.3) is 11.5 Å². The third kappa shape index (κ3) is 3.79. The van der Waals surface area contributed by atoms with Crippen molar-refractivity contribution >= 4 is 17.9 Å². The van der Waals surface area contributed by atoms with Crippen LogP contribution in [0.1, 0.15) is 29.7 Å². The van der Waals surface area contributed by atoms with Crippen molar-refractivity contribution in [2.24, 2.45) is 0 Å². The van der Waals surface area contributed by atoms with Crippen LogP contribution in [0.4, 0.5) is 4.79 Å². The van der Waals surface area contributed by atoms with E-state index in [0.717, 1.165) is 34.4 Å². The Labute approximate surface area is 195 Å². The Hall–Kier alpha value is -4.14. The number of hydrogen-bond donors (Lipinski definition) is 1. The molecule has 9 heteroatoms. The number of urea groups is 1. The number of nitrogens with zero attached hydrogens (tertiary/aromatic N) is 2. The van der Waals surface area contributed by atoms with Gasteiger partial charge in [-0.2, -0.15) is 0 Å². The number of oxazole rings is 1. The van der Waals surface area contributed by atoms with E-state index in [1.165, 1.54) is 6.26 Å². The third-order valence-electron chi connectivity index (χ3n) is 6.21. The molecule has 2 aromatic carbocycles. The Morgan fingerprint density at radius 1 is 1.18 bits per heavy atom. The lowest BCUT2D eigenvalue weighted by molar-refractivity contribution is -0.149. The minimum atomic E-state index is -1.12. The number of carbonyl (C=O) groups excluding carboxylic acids is 3. The lowest BCUT2D eigenvalue weighted by atomic mass is 9.76. The number of benzene rings is 2. The van der Waals surface area contributed by atoms with Gasteiger partial charge in [-0.05, 0) is 54.7 Å². The number of rotatable bonds is 6. The van der Waals surface area contributed by atoms with Gasteiger partial charge in [0.2, 0.25) is 5.89 Å². The van der Waals surface area contributed by atoms with Crippen molar-refractivity contribution in [3.63, 3.8) is 0 Å². The molecule has 1 aliphatic carbocycles. The van der Waals surface area contributed by atoms with Crippen molar-refractivity contribution in [3.05, 3.63) is 71.6 Å². The summed E-state index contributed by atoms with van der Waals surface area (Å²) in [5.41, 5.74) is 1.87. The van der Waals surface area contributed by atoms with Gasteiger partial charge < -0.3 is 19.2 Å². The summed E-state index contributed by atoms with van der Waals surface area (Å²) < 4.78 is 15.9. The number of aryl methyl sites for hydroxylation is 1. The molecule has 1 atom stereocenters. The number of amides is 3. The van der Waals surface area contributed by atoms with Gasteiger partial charge in [-0.3, -0.25) is 14.5 Å². The fourth-order valence-electron chi connectivity index (χ4n) is 4.52. The smallest absolute Gasteiger partial charge is 0.326 e. The second kappa shape index (κ2) is 8.66. The summed E-state index contributed by atoms with van der Waals surface area (Å²) in [6.45, 7) is -0.617. The average Bonchev–Trinajstić information content (AvgIpc) is 3.42. The molecular weight excluding hydrogens is 438 g/mol. The van der Waals surface area contributed by atoms with E-state index in [1.807, 2.05) is 24.3 Å². The van der Waals surface area contributed by atoms with E-state index in [0.29, 0.717) is 23.8 Å². The molecule has 34 heavy (non-hydrogen) atoms. The Bertz CT molecular complexity index is 1250. The predicted molar refractivity (Wildman–Crippen MR) is 120 cm³/mol. The first-order valence-electron chi connectivity index (χ1n) is 11.0. The molecule has 2 aliphatic rings. The number of aromatic nitrogens is 1. The van der Waals surface area contributed by atoms with Gasteiger partial charge in [0.05, 0.1) is 7.11 Å². The summed E-state index contributed by atoms with van der Waals surface area (Å²) in [6, 6.07) is 14.2. The molecule has 1 saturated heterocycles. The van der Waals surface area contributed by atoms with Gasteiger partial charge in [0.15, 0.2) is 0 Å². The van der Waals surface area contributed by atoms with Crippen molar-refractivity contribution in [1.29, 1.82) is 0 Å². The summed E-state index contributed by atoms with van der Waals surface area (Å²) in [6.07, 6.45) is 3.51. The molecular formula is C25H23N3O6. The Morgan fingerprint density at radius 2 is 1.97 bits per heavy atom. The zero-order valence-corrected chi connectivity index (χ0v) is 18.6. The Balaban J connectivity index is 1.22. The molecule has 0 radical (unpaired) electrons. The van der Waals surface area contributed by atoms with Crippen LogP contribution >= 0.6 is 0 Å².